The van der Waals surface area contributed by atoms with Gasteiger partial charge in [0.05, 0.1) is 7.11 Å². The van der Waals surface area contributed by atoms with Crippen molar-refractivity contribution < 1.29 is 14.3 Å². The zero-order chi connectivity index (χ0) is 18.1. The number of carbonyl (C=O) groups is 2. The van der Waals surface area contributed by atoms with Crippen LogP contribution in [0.25, 0.3) is 0 Å². The van der Waals surface area contributed by atoms with Gasteiger partial charge < -0.3 is 4.74 Å². The number of fused-ring (bicyclic) bond motifs is 1. The summed E-state index contributed by atoms with van der Waals surface area (Å²) in [6, 6.07) is 0. The molecule has 4 atom stereocenters. The molecule has 0 amide bonds. The lowest BCUT2D eigenvalue weighted by Gasteiger charge is -2.57. The van der Waals surface area contributed by atoms with Gasteiger partial charge in [-0.25, -0.2) is 4.79 Å². The lowest BCUT2D eigenvalue weighted by Crippen LogP contribution is -2.50. The number of rotatable bonds is 4. The van der Waals surface area contributed by atoms with Gasteiger partial charge in [0, 0.05) is 12.5 Å². The van der Waals surface area contributed by atoms with Crippen LogP contribution < -0.4 is 0 Å². The van der Waals surface area contributed by atoms with E-state index in [0.717, 1.165) is 18.4 Å². The highest BCUT2D eigenvalue weighted by atomic mass is 16.5. The van der Waals surface area contributed by atoms with Crippen LogP contribution in [0, 0.1) is 22.7 Å². The maximum absolute atomic E-state index is 12.2. The van der Waals surface area contributed by atoms with E-state index in [4.69, 9.17) is 4.74 Å². The number of esters is 1. The van der Waals surface area contributed by atoms with E-state index in [-0.39, 0.29) is 22.6 Å². The highest BCUT2D eigenvalue weighted by Gasteiger charge is 2.54. The molecular formula is C21H32O3. The Morgan fingerprint density at radius 2 is 2.08 bits per heavy atom. The lowest BCUT2D eigenvalue weighted by atomic mass is 9.47. The molecule has 0 spiro atoms. The van der Waals surface area contributed by atoms with E-state index in [9.17, 15) is 9.59 Å². The molecule has 134 valence electrons. The molecule has 0 bridgehead atoms. The van der Waals surface area contributed by atoms with Crippen molar-refractivity contribution in [2.24, 2.45) is 22.7 Å². The first kappa shape index (κ1) is 19.0. The Balaban J connectivity index is 2.25. The molecule has 2 aliphatic rings. The molecule has 0 aromatic heterocycles. The Labute approximate surface area is 146 Å². The summed E-state index contributed by atoms with van der Waals surface area (Å²) < 4.78 is 4.72. The summed E-state index contributed by atoms with van der Waals surface area (Å²) >= 11 is 0. The van der Waals surface area contributed by atoms with Crippen molar-refractivity contribution in [1.29, 1.82) is 0 Å². The van der Waals surface area contributed by atoms with E-state index < -0.39 is 0 Å². The molecule has 0 aromatic carbocycles. The molecule has 0 aliphatic heterocycles. The largest absolute Gasteiger partial charge is 0.466 e. The molecule has 24 heavy (non-hydrogen) atoms. The fourth-order valence-corrected chi connectivity index (χ4v) is 4.91. The summed E-state index contributed by atoms with van der Waals surface area (Å²) in [6.07, 6.45) is 8.37. The average molecular weight is 332 g/mol. The molecule has 3 heteroatoms. The quantitative estimate of drug-likeness (QED) is 0.545. The molecule has 2 aliphatic carbocycles. The Morgan fingerprint density at radius 1 is 1.42 bits per heavy atom. The molecule has 3 nitrogen and oxygen atoms in total. The summed E-state index contributed by atoms with van der Waals surface area (Å²) in [6.45, 7) is 11.2. The van der Waals surface area contributed by atoms with E-state index in [0.29, 0.717) is 18.3 Å². The molecule has 0 saturated heterocycles. The smallest absolute Gasteiger partial charge is 0.330 e. The van der Waals surface area contributed by atoms with E-state index in [2.05, 4.69) is 27.7 Å². The molecule has 0 radical (unpaired) electrons. The number of hydrogen-bond donors (Lipinski definition) is 0. The number of ketones is 1. The Kier molecular flexibility index (Phi) is 5.41. The van der Waals surface area contributed by atoms with Crippen LogP contribution in [-0.4, -0.2) is 18.9 Å². The normalized spacial score (nSPS) is 36.8. The van der Waals surface area contributed by atoms with Gasteiger partial charge in [-0.3, -0.25) is 4.79 Å². The summed E-state index contributed by atoms with van der Waals surface area (Å²) in [7, 11) is 1.41. The van der Waals surface area contributed by atoms with Crippen LogP contribution in [0.15, 0.2) is 23.3 Å². The van der Waals surface area contributed by atoms with Gasteiger partial charge in [-0.1, -0.05) is 31.9 Å². The van der Waals surface area contributed by atoms with E-state index in [1.54, 1.807) is 6.08 Å². The number of hydrogen-bond acceptors (Lipinski definition) is 3. The van der Waals surface area contributed by atoms with Gasteiger partial charge in [0.1, 0.15) is 0 Å². The first-order chi connectivity index (χ1) is 11.1. The maximum Gasteiger partial charge on any atom is 0.330 e. The summed E-state index contributed by atoms with van der Waals surface area (Å²) in [5.74, 6) is 0.959. The minimum absolute atomic E-state index is 0.114. The van der Waals surface area contributed by atoms with E-state index >= 15 is 0 Å². The second kappa shape index (κ2) is 6.85. The van der Waals surface area contributed by atoms with Crippen molar-refractivity contribution in [2.75, 3.05) is 7.11 Å². The Morgan fingerprint density at radius 3 is 2.71 bits per heavy atom. The summed E-state index contributed by atoms with van der Waals surface area (Å²) in [5.41, 5.74) is 2.55. The van der Waals surface area contributed by atoms with Crippen LogP contribution in [0.3, 0.4) is 0 Å². The van der Waals surface area contributed by atoms with Crippen LogP contribution in [0.1, 0.15) is 66.7 Å². The van der Waals surface area contributed by atoms with Crippen molar-refractivity contribution in [2.45, 2.75) is 66.7 Å². The molecular weight excluding hydrogens is 300 g/mol. The van der Waals surface area contributed by atoms with Gasteiger partial charge in [-0.05, 0) is 68.3 Å². The third-order valence-corrected chi connectivity index (χ3v) is 7.09. The summed E-state index contributed by atoms with van der Waals surface area (Å²) in [5, 5.41) is 0. The molecule has 1 fully saturated rings. The number of allylic oxidation sites excluding steroid dienone is 3. The Bertz CT molecular complexity index is 586. The highest BCUT2D eigenvalue weighted by Crippen LogP contribution is 2.61. The van der Waals surface area contributed by atoms with Crippen molar-refractivity contribution in [3.8, 4) is 0 Å². The molecule has 0 unspecified atom stereocenters. The van der Waals surface area contributed by atoms with Gasteiger partial charge in [0.25, 0.3) is 0 Å². The van der Waals surface area contributed by atoms with Crippen LogP contribution in [-0.2, 0) is 14.3 Å². The SMILES string of the molecule is COC(=O)/C=C(/C)CC[C@@]1(C)[C@H](C)CC[C@@]2(C)C(C)=CC(=O)C[C@H]12. The lowest BCUT2D eigenvalue weighted by molar-refractivity contribution is -0.134. The fraction of sp³-hybridized carbons (Fsp3) is 0.714. The van der Waals surface area contributed by atoms with Gasteiger partial charge in [-0.2, -0.15) is 0 Å². The maximum atomic E-state index is 12.2. The molecule has 0 heterocycles. The summed E-state index contributed by atoms with van der Waals surface area (Å²) in [4.78, 5) is 23.7. The van der Waals surface area contributed by atoms with Crippen molar-refractivity contribution in [3.63, 3.8) is 0 Å². The van der Waals surface area contributed by atoms with Crippen LogP contribution in [0.5, 0.6) is 0 Å². The second-order valence-electron chi connectivity index (χ2n) is 8.43. The number of carbonyl (C=O) groups excluding carboxylic acids is 2. The van der Waals surface area contributed by atoms with Gasteiger partial charge in [0.15, 0.2) is 5.78 Å². The highest BCUT2D eigenvalue weighted by molar-refractivity contribution is 5.92. The standard InChI is InChI=1S/C21H32O3/c1-14(11-19(23)24-6)7-9-20(4)15(2)8-10-21(5)16(3)12-17(22)13-18(20)21/h11-12,15,18H,7-10,13H2,1-6H3/b14-11-/t15-,18-,20+,21+/m1/s1. The predicted octanol–water partition coefficient (Wildman–Crippen LogP) is 4.86. The third-order valence-electron chi connectivity index (χ3n) is 7.09. The average Bonchev–Trinajstić information content (AvgIpc) is 2.52. The van der Waals surface area contributed by atoms with Crippen LogP contribution in [0.4, 0.5) is 0 Å². The monoisotopic (exact) mass is 332 g/mol. The van der Waals surface area contributed by atoms with Crippen LogP contribution in [0.2, 0.25) is 0 Å². The fourth-order valence-electron chi connectivity index (χ4n) is 4.91. The van der Waals surface area contributed by atoms with Crippen molar-refractivity contribution >= 4 is 11.8 Å². The van der Waals surface area contributed by atoms with Crippen molar-refractivity contribution in [3.05, 3.63) is 23.3 Å². The number of methoxy groups -OCH3 is 1. The van der Waals surface area contributed by atoms with Crippen molar-refractivity contribution in [1.82, 2.24) is 0 Å². The topological polar surface area (TPSA) is 43.4 Å². The Hall–Kier alpha value is -1.38. The van der Waals surface area contributed by atoms with E-state index in [1.165, 1.54) is 25.5 Å². The molecule has 2 rings (SSSR count). The third kappa shape index (κ3) is 3.36. The molecule has 1 saturated carbocycles. The first-order valence-corrected chi connectivity index (χ1v) is 9.10. The predicted molar refractivity (Wildman–Crippen MR) is 96.5 cm³/mol. The minimum Gasteiger partial charge on any atom is -0.466 e. The van der Waals surface area contributed by atoms with Gasteiger partial charge in [0.2, 0.25) is 0 Å². The zero-order valence-corrected chi connectivity index (χ0v) is 16.1. The van der Waals surface area contributed by atoms with E-state index in [1.807, 2.05) is 13.0 Å². The second-order valence-corrected chi connectivity index (χ2v) is 8.43. The van der Waals surface area contributed by atoms with Crippen LogP contribution >= 0.6 is 0 Å². The van der Waals surface area contributed by atoms with Gasteiger partial charge >= 0.3 is 5.97 Å². The zero-order valence-electron chi connectivity index (χ0n) is 16.1. The first-order valence-electron chi connectivity index (χ1n) is 9.10. The molecule has 0 N–H and O–H groups in total. The minimum atomic E-state index is -0.286. The number of ether oxygens (including phenoxy) is 1. The van der Waals surface area contributed by atoms with Gasteiger partial charge in [-0.15, -0.1) is 0 Å². The molecule has 0 aromatic rings.